The Kier molecular flexibility index (Phi) is 11.0. The average molecular weight is 832 g/mol. The van der Waals surface area contributed by atoms with Gasteiger partial charge in [-0.15, -0.1) is 0 Å². The number of carbonyl (C=O) groups excluding carboxylic acids is 4. The van der Waals surface area contributed by atoms with Crippen molar-refractivity contribution in [1.82, 2.24) is 30.1 Å². The molecule has 2 aromatic heterocycles. The molecular weight excluding hydrogens is 783 g/mol. The number of imide groups is 2. The second kappa shape index (κ2) is 16.6. The summed E-state index contributed by atoms with van der Waals surface area (Å²) in [7, 11) is 1.66. The van der Waals surface area contributed by atoms with Crippen LogP contribution >= 0.6 is 11.9 Å². The molecule has 5 heterocycles. The molecule has 60 heavy (non-hydrogen) atoms. The van der Waals surface area contributed by atoms with Gasteiger partial charge in [-0.1, -0.05) is 17.3 Å². The first-order chi connectivity index (χ1) is 29.2. The number of nitrogens with zero attached hydrogens (tertiary/aromatic N) is 7. The van der Waals surface area contributed by atoms with Crippen LogP contribution in [0.5, 0.6) is 5.75 Å². The molecule has 15 nitrogen and oxygen atoms in total. The molecular formula is C44H49N9O6S. The molecule has 4 amide bonds. The number of methoxy groups -OCH3 is 1. The van der Waals surface area contributed by atoms with E-state index >= 15 is 0 Å². The van der Waals surface area contributed by atoms with Crippen LogP contribution in [0.4, 0.5) is 17.2 Å². The summed E-state index contributed by atoms with van der Waals surface area (Å²) in [6, 6.07) is 19.9. The van der Waals surface area contributed by atoms with E-state index in [1.165, 1.54) is 30.5 Å². The largest absolute Gasteiger partial charge is 0.496 e. The van der Waals surface area contributed by atoms with E-state index in [0.29, 0.717) is 47.1 Å². The number of amides is 4. The SMILES string of the molecule is COc1cc(Cn2cccn2)cc2onc(NSc3cccc(N4CCN(C5CC6(CCN(c7ccc(C)c(C(=O)N(C=O)C8CCC(=O)NC8=O)c7)CC6)C5)CC4)c3)c12. The molecule has 0 bridgehead atoms. The third-order valence-corrected chi connectivity index (χ3v) is 13.7. The van der Waals surface area contributed by atoms with Crippen LogP contribution in [0, 0.1) is 12.3 Å². The van der Waals surface area contributed by atoms with Crippen LogP contribution in [-0.4, -0.2) is 107 Å². The zero-order valence-corrected chi connectivity index (χ0v) is 34.7. The summed E-state index contributed by atoms with van der Waals surface area (Å²) in [5.74, 6) is -0.217. The van der Waals surface area contributed by atoms with E-state index in [1.807, 2.05) is 54.2 Å². The van der Waals surface area contributed by atoms with E-state index in [1.54, 1.807) is 13.3 Å². The number of nitrogens with one attached hydrogen (secondary N) is 2. The second-order valence-electron chi connectivity index (χ2n) is 16.5. The normalized spacial score (nSPS) is 19.6. The first-order valence-electron chi connectivity index (χ1n) is 20.6. The predicted octanol–water partition coefficient (Wildman–Crippen LogP) is 5.48. The molecule has 3 aromatic carbocycles. The van der Waals surface area contributed by atoms with Gasteiger partial charge in [-0.2, -0.15) is 5.10 Å². The summed E-state index contributed by atoms with van der Waals surface area (Å²) < 4.78 is 16.7. The third-order valence-electron chi connectivity index (χ3n) is 12.9. The number of fused-ring (bicyclic) bond motifs is 1. The molecule has 1 unspecified atom stereocenters. The van der Waals surface area contributed by atoms with Gasteiger partial charge in [0.2, 0.25) is 18.2 Å². The highest BCUT2D eigenvalue weighted by atomic mass is 32.2. The van der Waals surface area contributed by atoms with Crippen molar-refractivity contribution in [1.29, 1.82) is 0 Å². The smallest absolute Gasteiger partial charge is 0.261 e. The molecule has 16 heteroatoms. The zero-order valence-electron chi connectivity index (χ0n) is 33.8. The lowest BCUT2D eigenvalue weighted by atomic mass is 9.60. The Labute approximate surface area is 352 Å². The minimum absolute atomic E-state index is 0.0877. The van der Waals surface area contributed by atoms with E-state index in [0.717, 1.165) is 84.1 Å². The third kappa shape index (κ3) is 7.93. The summed E-state index contributed by atoms with van der Waals surface area (Å²) >= 11 is 1.50. The first kappa shape index (κ1) is 39.6. The van der Waals surface area contributed by atoms with Crippen LogP contribution in [-0.2, 0) is 20.9 Å². The number of ether oxygens (including phenoxy) is 1. The van der Waals surface area contributed by atoms with Gasteiger partial charge in [0, 0.05) is 86.0 Å². The van der Waals surface area contributed by atoms with Crippen LogP contribution in [0.15, 0.2) is 82.5 Å². The fraction of sp³-hybridized carbons (Fsp3) is 0.409. The van der Waals surface area contributed by atoms with Gasteiger partial charge in [0.15, 0.2) is 11.4 Å². The molecule has 4 fully saturated rings. The molecule has 9 rings (SSSR count). The number of rotatable bonds is 12. The standard InChI is InChI=1S/C44H49N9O6S/c1-29-7-8-32(24-35(29)43(57)53(28-54)36-9-10-39(55)46-42(36)56)49-15-11-44(12-16-49)25-33(26-44)51-19-17-50(18-20-51)31-5-3-6-34(23-31)60-48-41-40-37(58-2)21-30(22-38(40)59-47-41)27-52-14-4-13-45-52/h3-8,13-14,21-24,28,33,36H,9-12,15-20,25-27H2,1-2H3,(H,47,48)(H,46,55,56). The summed E-state index contributed by atoms with van der Waals surface area (Å²) in [5.41, 5.74) is 5.30. The fourth-order valence-corrected chi connectivity index (χ4v) is 10.1. The molecule has 5 aromatic rings. The topological polar surface area (TPSA) is 158 Å². The molecule has 3 saturated heterocycles. The molecule has 2 N–H and O–H groups in total. The summed E-state index contributed by atoms with van der Waals surface area (Å²) in [6.45, 7) is 8.26. The minimum Gasteiger partial charge on any atom is -0.496 e. The quantitative estimate of drug-likeness (QED) is 0.0926. The molecule has 1 aliphatic carbocycles. The van der Waals surface area contributed by atoms with Crippen molar-refractivity contribution in [2.45, 2.75) is 69.0 Å². The fourth-order valence-electron chi connectivity index (χ4n) is 9.42. The molecule has 3 aliphatic heterocycles. The van der Waals surface area contributed by atoms with Crippen LogP contribution < -0.4 is 24.6 Å². The molecule has 1 atom stereocenters. The number of piperazine rings is 1. The number of anilines is 3. The lowest BCUT2D eigenvalue weighted by Crippen LogP contribution is -2.59. The molecule has 312 valence electrons. The minimum atomic E-state index is -0.994. The van der Waals surface area contributed by atoms with Gasteiger partial charge >= 0.3 is 0 Å². The Morgan fingerprint density at radius 1 is 1.02 bits per heavy atom. The Morgan fingerprint density at radius 2 is 1.80 bits per heavy atom. The van der Waals surface area contributed by atoms with Crippen molar-refractivity contribution in [3.05, 3.63) is 89.7 Å². The number of piperidine rings is 2. The monoisotopic (exact) mass is 831 g/mol. The average Bonchev–Trinajstić information content (AvgIpc) is 3.93. The molecule has 1 spiro atoms. The Bertz CT molecular complexity index is 2400. The van der Waals surface area contributed by atoms with Crippen LogP contribution in [0.2, 0.25) is 0 Å². The van der Waals surface area contributed by atoms with Gasteiger partial charge in [-0.25, -0.2) is 0 Å². The zero-order chi connectivity index (χ0) is 41.4. The van der Waals surface area contributed by atoms with Gasteiger partial charge in [0.25, 0.3) is 5.91 Å². The number of carbonyl (C=O) groups is 4. The van der Waals surface area contributed by atoms with Crippen molar-refractivity contribution >= 4 is 64.2 Å². The van der Waals surface area contributed by atoms with Crippen molar-refractivity contribution < 1.29 is 28.4 Å². The number of aromatic nitrogens is 3. The lowest BCUT2D eigenvalue weighted by Gasteiger charge is -2.56. The molecule has 4 aliphatic rings. The van der Waals surface area contributed by atoms with E-state index in [-0.39, 0.29) is 12.8 Å². The van der Waals surface area contributed by atoms with Crippen molar-refractivity contribution in [3.63, 3.8) is 0 Å². The van der Waals surface area contributed by atoms with E-state index in [4.69, 9.17) is 9.26 Å². The second-order valence-corrected chi connectivity index (χ2v) is 17.3. The van der Waals surface area contributed by atoms with Gasteiger partial charge in [-0.3, -0.25) is 39.0 Å². The highest BCUT2D eigenvalue weighted by molar-refractivity contribution is 8.00. The van der Waals surface area contributed by atoms with Gasteiger partial charge < -0.3 is 23.8 Å². The first-order valence-corrected chi connectivity index (χ1v) is 21.4. The number of benzene rings is 3. The highest BCUT2D eigenvalue weighted by Crippen LogP contribution is 2.51. The molecule has 1 saturated carbocycles. The Balaban J connectivity index is 0.754. The maximum atomic E-state index is 13.6. The Hall–Kier alpha value is -5.87. The van der Waals surface area contributed by atoms with Crippen LogP contribution in [0.3, 0.4) is 0 Å². The van der Waals surface area contributed by atoms with Crippen LogP contribution in [0.25, 0.3) is 11.0 Å². The van der Waals surface area contributed by atoms with Gasteiger partial charge in [0.1, 0.15) is 17.2 Å². The number of hydrogen-bond donors (Lipinski definition) is 2. The Morgan fingerprint density at radius 3 is 2.53 bits per heavy atom. The van der Waals surface area contributed by atoms with Crippen molar-refractivity contribution in [2.24, 2.45) is 5.41 Å². The van der Waals surface area contributed by atoms with Crippen molar-refractivity contribution in [3.8, 4) is 5.75 Å². The van der Waals surface area contributed by atoms with Gasteiger partial charge in [0.05, 0.1) is 13.7 Å². The maximum absolute atomic E-state index is 13.6. The van der Waals surface area contributed by atoms with E-state index < -0.39 is 23.8 Å². The molecule has 0 radical (unpaired) electrons. The maximum Gasteiger partial charge on any atom is 0.261 e. The van der Waals surface area contributed by atoms with E-state index in [9.17, 15) is 19.2 Å². The van der Waals surface area contributed by atoms with Crippen LogP contribution in [0.1, 0.15) is 60.0 Å². The number of aryl methyl sites for hydroxylation is 1. The van der Waals surface area contributed by atoms with Crippen molar-refractivity contribution in [2.75, 3.05) is 60.9 Å². The van der Waals surface area contributed by atoms with Gasteiger partial charge in [-0.05, 0) is 116 Å². The summed E-state index contributed by atoms with van der Waals surface area (Å²) in [4.78, 5) is 59.2. The number of hydrogen-bond acceptors (Lipinski definition) is 13. The predicted molar refractivity (Wildman–Crippen MR) is 228 cm³/mol. The van der Waals surface area contributed by atoms with E-state index in [2.05, 4.69) is 59.3 Å². The summed E-state index contributed by atoms with van der Waals surface area (Å²) in [6.07, 6.45) is 8.92. The highest BCUT2D eigenvalue weighted by Gasteiger charge is 2.48. The summed E-state index contributed by atoms with van der Waals surface area (Å²) in [5, 5.41) is 11.7. The lowest BCUT2D eigenvalue weighted by molar-refractivity contribution is -0.139.